The van der Waals surface area contributed by atoms with E-state index < -0.39 is 10.8 Å². The molecule has 2 rings (SSSR count). The lowest BCUT2D eigenvalue weighted by molar-refractivity contribution is 0.676. The predicted octanol–water partition coefficient (Wildman–Crippen LogP) is 2.81. The van der Waals surface area contributed by atoms with Crippen LogP contribution in [0.2, 0.25) is 0 Å². The second kappa shape index (κ2) is 3.79. The van der Waals surface area contributed by atoms with Gasteiger partial charge in [-0.25, -0.2) is 4.98 Å². The molecule has 2 nitrogen and oxygen atoms in total. The first-order valence-electron chi connectivity index (χ1n) is 4.44. The molecule has 1 heterocycles. The topological polar surface area (TPSA) is 30.0 Å². The van der Waals surface area contributed by atoms with Gasteiger partial charge in [0, 0.05) is 5.25 Å². The number of rotatable bonds is 2. The van der Waals surface area contributed by atoms with Gasteiger partial charge in [-0.05, 0) is 12.1 Å². The Morgan fingerprint density at radius 1 is 1.36 bits per heavy atom. The van der Waals surface area contributed by atoms with Crippen molar-refractivity contribution in [3.05, 3.63) is 24.3 Å². The molecule has 0 spiro atoms. The van der Waals surface area contributed by atoms with Gasteiger partial charge in [0.05, 0.1) is 21.0 Å². The lowest BCUT2D eigenvalue weighted by Crippen LogP contribution is -2.04. The SMILES string of the molecule is CC(C)[S@@](=O)c1nc2ccccc2s1. The van der Waals surface area contributed by atoms with Crippen molar-refractivity contribution in [2.24, 2.45) is 0 Å². The average molecular weight is 225 g/mol. The highest BCUT2D eigenvalue weighted by Gasteiger charge is 2.13. The molecule has 1 aromatic heterocycles. The van der Waals surface area contributed by atoms with Gasteiger partial charge < -0.3 is 0 Å². The molecule has 0 saturated heterocycles. The highest BCUT2D eigenvalue weighted by molar-refractivity contribution is 7.87. The van der Waals surface area contributed by atoms with Gasteiger partial charge >= 0.3 is 0 Å². The largest absolute Gasteiger partial charge is 0.252 e. The third-order valence-corrected chi connectivity index (χ3v) is 4.74. The number of aromatic nitrogens is 1. The van der Waals surface area contributed by atoms with Crippen LogP contribution in [0.25, 0.3) is 10.2 Å². The number of nitrogens with zero attached hydrogens (tertiary/aromatic N) is 1. The quantitative estimate of drug-likeness (QED) is 0.786. The summed E-state index contributed by atoms with van der Waals surface area (Å²) in [5, 5.41) is 0.135. The van der Waals surface area contributed by atoms with Crippen LogP contribution in [0, 0.1) is 0 Å². The molecular weight excluding hydrogens is 214 g/mol. The zero-order valence-corrected chi connectivity index (χ0v) is 9.69. The maximum absolute atomic E-state index is 11.8. The molecule has 0 saturated carbocycles. The van der Waals surface area contributed by atoms with E-state index in [1.165, 1.54) is 11.3 Å². The van der Waals surface area contributed by atoms with Crippen LogP contribution in [0.4, 0.5) is 0 Å². The van der Waals surface area contributed by atoms with Crippen molar-refractivity contribution in [3.8, 4) is 0 Å². The second-order valence-electron chi connectivity index (χ2n) is 3.29. The number of hydrogen-bond donors (Lipinski definition) is 0. The van der Waals surface area contributed by atoms with E-state index in [-0.39, 0.29) is 5.25 Å². The normalized spacial score (nSPS) is 13.6. The summed E-state index contributed by atoms with van der Waals surface area (Å²) in [6, 6.07) is 7.88. The number of para-hydroxylation sites is 1. The summed E-state index contributed by atoms with van der Waals surface area (Å²) in [7, 11) is -0.960. The van der Waals surface area contributed by atoms with Crippen molar-refractivity contribution >= 4 is 32.4 Å². The van der Waals surface area contributed by atoms with Crippen LogP contribution in [-0.4, -0.2) is 14.4 Å². The molecule has 0 aliphatic rings. The van der Waals surface area contributed by atoms with Crippen molar-refractivity contribution in [2.75, 3.05) is 0 Å². The molecule has 0 bridgehead atoms. The van der Waals surface area contributed by atoms with E-state index in [4.69, 9.17) is 0 Å². The molecule has 0 fully saturated rings. The first-order valence-corrected chi connectivity index (χ1v) is 6.47. The first-order chi connectivity index (χ1) is 6.68. The molecule has 0 aliphatic carbocycles. The van der Waals surface area contributed by atoms with E-state index in [9.17, 15) is 4.21 Å². The minimum absolute atomic E-state index is 0.135. The monoisotopic (exact) mass is 225 g/mol. The Hall–Kier alpha value is -0.740. The van der Waals surface area contributed by atoms with Gasteiger partial charge in [0.2, 0.25) is 0 Å². The molecule has 14 heavy (non-hydrogen) atoms. The van der Waals surface area contributed by atoms with E-state index in [0.717, 1.165) is 14.6 Å². The molecule has 74 valence electrons. The van der Waals surface area contributed by atoms with E-state index in [2.05, 4.69) is 4.98 Å². The fraction of sp³-hybridized carbons (Fsp3) is 0.300. The van der Waals surface area contributed by atoms with Gasteiger partial charge in [0.25, 0.3) is 0 Å². The standard InChI is InChI=1S/C10H11NOS2/c1-7(2)14(12)10-11-8-5-3-4-6-9(8)13-10/h3-7H,1-2H3/t14-/m1/s1. The zero-order valence-electron chi connectivity index (χ0n) is 8.06. The Morgan fingerprint density at radius 2 is 2.07 bits per heavy atom. The van der Waals surface area contributed by atoms with Crippen LogP contribution in [-0.2, 0) is 10.8 Å². The van der Waals surface area contributed by atoms with Crippen LogP contribution < -0.4 is 0 Å². The van der Waals surface area contributed by atoms with Crippen molar-refractivity contribution in [1.29, 1.82) is 0 Å². The van der Waals surface area contributed by atoms with E-state index >= 15 is 0 Å². The van der Waals surface area contributed by atoms with Crippen molar-refractivity contribution < 1.29 is 4.21 Å². The molecular formula is C10H11NOS2. The van der Waals surface area contributed by atoms with Crippen LogP contribution in [0.15, 0.2) is 28.6 Å². The summed E-state index contributed by atoms with van der Waals surface area (Å²) in [4.78, 5) is 4.35. The van der Waals surface area contributed by atoms with Gasteiger partial charge in [0.1, 0.15) is 0 Å². The van der Waals surface area contributed by atoms with Crippen molar-refractivity contribution in [1.82, 2.24) is 4.98 Å². The van der Waals surface area contributed by atoms with Gasteiger partial charge in [0.15, 0.2) is 4.34 Å². The molecule has 1 aromatic carbocycles. The zero-order chi connectivity index (χ0) is 10.1. The Morgan fingerprint density at radius 3 is 2.71 bits per heavy atom. The fourth-order valence-corrected chi connectivity index (χ4v) is 3.60. The Labute approximate surface area is 89.4 Å². The Kier molecular flexibility index (Phi) is 2.65. The maximum atomic E-state index is 11.8. The van der Waals surface area contributed by atoms with Crippen LogP contribution in [0.5, 0.6) is 0 Å². The summed E-state index contributed by atoms with van der Waals surface area (Å²) in [6.07, 6.45) is 0. The second-order valence-corrected chi connectivity index (χ2v) is 6.51. The minimum atomic E-state index is -0.960. The van der Waals surface area contributed by atoms with Gasteiger partial charge in [-0.1, -0.05) is 26.0 Å². The molecule has 4 heteroatoms. The molecule has 0 amide bonds. The van der Waals surface area contributed by atoms with E-state index in [1.807, 2.05) is 38.1 Å². The third-order valence-electron chi connectivity index (χ3n) is 1.87. The lowest BCUT2D eigenvalue weighted by atomic mass is 10.3. The smallest absolute Gasteiger partial charge is 0.182 e. The summed E-state index contributed by atoms with van der Waals surface area (Å²) in [5.41, 5.74) is 0.946. The maximum Gasteiger partial charge on any atom is 0.182 e. The molecule has 0 radical (unpaired) electrons. The van der Waals surface area contributed by atoms with Gasteiger partial charge in [-0.15, -0.1) is 11.3 Å². The summed E-state index contributed by atoms with van der Waals surface area (Å²) >= 11 is 1.52. The van der Waals surface area contributed by atoms with Gasteiger partial charge in [-0.2, -0.15) is 0 Å². The predicted molar refractivity (Wildman–Crippen MR) is 61.2 cm³/mol. The van der Waals surface area contributed by atoms with Crippen LogP contribution in [0.1, 0.15) is 13.8 Å². The van der Waals surface area contributed by atoms with E-state index in [0.29, 0.717) is 0 Å². The van der Waals surface area contributed by atoms with E-state index in [1.54, 1.807) is 0 Å². The molecule has 0 N–H and O–H groups in total. The van der Waals surface area contributed by atoms with Crippen LogP contribution in [0.3, 0.4) is 0 Å². The third kappa shape index (κ3) is 1.72. The van der Waals surface area contributed by atoms with Crippen LogP contribution >= 0.6 is 11.3 Å². The number of fused-ring (bicyclic) bond motifs is 1. The van der Waals surface area contributed by atoms with Gasteiger partial charge in [-0.3, -0.25) is 4.21 Å². The lowest BCUT2D eigenvalue weighted by Gasteiger charge is -1.98. The number of benzene rings is 1. The molecule has 0 aliphatic heterocycles. The highest BCUT2D eigenvalue weighted by Crippen LogP contribution is 2.25. The Balaban J connectivity index is 2.50. The number of thiazole rings is 1. The minimum Gasteiger partial charge on any atom is -0.252 e. The summed E-state index contributed by atoms with van der Waals surface area (Å²) < 4.78 is 13.6. The first kappa shape index (κ1) is 9.80. The summed E-state index contributed by atoms with van der Waals surface area (Å²) in [5.74, 6) is 0. The number of hydrogen-bond acceptors (Lipinski definition) is 3. The summed E-state index contributed by atoms with van der Waals surface area (Å²) in [6.45, 7) is 3.89. The molecule has 0 unspecified atom stereocenters. The Bertz CT molecular complexity index is 443. The van der Waals surface area contributed by atoms with Crippen molar-refractivity contribution in [3.63, 3.8) is 0 Å². The van der Waals surface area contributed by atoms with Crippen molar-refractivity contribution in [2.45, 2.75) is 23.4 Å². The highest BCUT2D eigenvalue weighted by atomic mass is 32.2. The fourth-order valence-electron chi connectivity index (χ4n) is 1.14. The molecule has 2 aromatic rings. The average Bonchev–Trinajstić information content (AvgIpc) is 2.59. The molecule has 1 atom stereocenters.